The molecule has 0 aromatic carbocycles. The minimum absolute atomic E-state index is 0.116. The van der Waals surface area contributed by atoms with Crippen LogP contribution in [0, 0.1) is 5.41 Å². The van der Waals surface area contributed by atoms with Crippen molar-refractivity contribution in [2.45, 2.75) is 46.0 Å². The van der Waals surface area contributed by atoms with Crippen molar-refractivity contribution in [3.05, 3.63) is 12.2 Å². The van der Waals surface area contributed by atoms with Gasteiger partial charge in [0.1, 0.15) is 0 Å². The Morgan fingerprint density at radius 1 is 1.43 bits per heavy atom. The topological polar surface area (TPSA) is 26.3 Å². The highest BCUT2D eigenvalue weighted by Crippen LogP contribution is 2.44. The van der Waals surface area contributed by atoms with Crippen LogP contribution in [0.2, 0.25) is 0 Å². The first-order valence-electron chi connectivity index (χ1n) is 5.56. The average molecular weight is 196 g/mol. The fourth-order valence-corrected chi connectivity index (χ4v) is 1.89. The zero-order valence-corrected chi connectivity index (χ0v) is 9.21. The van der Waals surface area contributed by atoms with E-state index in [4.69, 9.17) is 4.74 Å². The third kappa shape index (κ3) is 2.86. The van der Waals surface area contributed by atoms with E-state index in [1.54, 1.807) is 0 Å². The lowest BCUT2D eigenvalue weighted by molar-refractivity contribution is -0.142. The summed E-state index contributed by atoms with van der Waals surface area (Å²) < 4.78 is 4.85. The van der Waals surface area contributed by atoms with Crippen molar-refractivity contribution in [2.75, 3.05) is 6.61 Å². The van der Waals surface area contributed by atoms with Crippen LogP contribution < -0.4 is 0 Å². The van der Waals surface area contributed by atoms with Gasteiger partial charge in [0.05, 0.1) is 13.0 Å². The minimum Gasteiger partial charge on any atom is -0.466 e. The molecule has 0 saturated heterocycles. The van der Waals surface area contributed by atoms with Gasteiger partial charge in [0.15, 0.2) is 0 Å². The van der Waals surface area contributed by atoms with Crippen molar-refractivity contribution < 1.29 is 9.53 Å². The highest BCUT2D eigenvalue weighted by Gasteiger charge is 2.31. The molecule has 2 heteroatoms. The van der Waals surface area contributed by atoms with Crippen molar-refractivity contribution >= 4 is 5.97 Å². The molecule has 1 aliphatic carbocycles. The van der Waals surface area contributed by atoms with Crippen LogP contribution in [-0.4, -0.2) is 12.6 Å². The van der Waals surface area contributed by atoms with Gasteiger partial charge in [0.25, 0.3) is 0 Å². The summed E-state index contributed by atoms with van der Waals surface area (Å²) >= 11 is 0. The SMILES string of the molecule is CCOC(=O)CC=CC1(CC)CCC1. The Morgan fingerprint density at radius 3 is 2.57 bits per heavy atom. The van der Waals surface area contributed by atoms with E-state index in [9.17, 15) is 4.79 Å². The van der Waals surface area contributed by atoms with Crippen LogP contribution in [0.1, 0.15) is 46.0 Å². The molecule has 1 saturated carbocycles. The molecule has 0 bridgehead atoms. The predicted molar refractivity (Wildman–Crippen MR) is 57.0 cm³/mol. The summed E-state index contributed by atoms with van der Waals surface area (Å²) in [4.78, 5) is 11.1. The Kier molecular flexibility index (Phi) is 4.18. The molecule has 80 valence electrons. The maximum Gasteiger partial charge on any atom is 0.309 e. The van der Waals surface area contributed by atoms with E-state index in [1.807, 2.05) is 13.0 Å². The summed E-state index contributed by atoms with van der Waals surface area (Å²) in [6.07, 6.45) is 9.69. The Morgan fingerprint density at radius 2 is 2.14 bits per heavy atom. The zero-order valence-electron chi connectivity index (χ0n) is 9.21. The van der Waals surface area contributed by atoms with Crippen molar-refractivity contribution in [1.29, 1.82) is 0 Å². The Labute approximate surface area is 86.3 Å². The fourth-order valence-electron chi connectivity index (χ4n) is 1.89. The number of carbonyl (C=O) groups is 1. The van der Waals surface area contributed by atoms with Gasteiger partial charge >= 0.3 is 5.97 Å². The summed E-state index contributed by atoms with van der Waals surface area (Å²) in [6, 6.07) is 0. The summed E-state index contributed by atoms with van der Waals surface area (Å²) in [5, 5.41) is 0. The van der Waals surface area contributed by atoms with Crippen LogP contribution in [0.15, 0.2) is 12.2 Å². The largest absolute Gasteiger partial charge is 0.466 e. The number of allylic oxidation sites excluding steroid dienone is 1. The van der Waals surface area contributed by atoms with E-state index in [-0.39, 0.29) is 5.97 Å². The molecule has 0 aromatic rings. The standard InChI is InChI=1S/C12H20O2/c1-3-12(9-6-10-12)8-5-7-11(13)14-4-2/h5,8H,3-4,6-7,9-10H2,1-2H3. The van der Waals surface area contributed by atoms with Gasteiger partial charge in [-0.05, 0) is 31.6 Å². The first kappa shape index (κ1) is 11.3. The number of ether oxygens (including phenoxy) is 1. The zero-order chi connectivity index (χ0) is 10.4. The van der Waals surface area contributed by atoms with Gasteiger partial charge in [-0.3, -0.25) is 4.79 Å². The van der Waals surface area contributed by atoms with Crippen LogP contribution in [0.25, 0.3) is 0 Å². The average Bonchev–Trinajstić information content (AvgIpc) is 2.10. The highest BCUT2D eigenvalue weighted by atomic mass is 16.5. The smallest absolute Gasteiger partial charge is 0.309 e. The molecule has 0 heterocycles. The molecule has 0 spiro atoms. The van der Waals surface area contributed by atoms with Crippen LogP contribution in [-0.2, 0) is 9.53 Å². The van der Waals surface area contributed by atoms with Crippen LogP contribution in [0.5, 0.6) is 0 Å². The molecular formula is C12H20O2. The highest BCUT2D eigenvalue weighted by molar-refractivity contribution is 5.71. The molecule has 0 unspecified atom stereocenters. The molecule has 1 aliphatic rings. The lowest BCUT2D eigenvalue weighted by atomic mass is 9.67. The molecule has 1 fully saturated rings. The first-order chi connectivity index (χ1) is 6.72. The normalized spacial score (nSPS) is 19.3. The van der Waals surface area contributed by atoms with Crippen LogP contribution >= 0.6 is 0 Å². The molecular weight excluding hydrogens is 176 g/mol. The van der Waals surface area contributed by atoms with Gasteiger partial charge in [-0.25, -0.2) is 0 Å². The Bertz CT molecular complexity index is 209. The lowest BCUT2D eigenvalue weighted by Crippen LogP contribution is -2.25. The second-order valence-electron chi connectivity index (χ2n) is 3.98. The molecule has 14 heavy (non-hydrogen) atoms. The molecule has 0 radical (unpaired) electrons. The second kappa shape index (κ2) is 5.18. The fraction of sp³-hybridized carbons (Fsp3) is 0.750. The lowest BCUT2D eigenvalue weighted by Gasteiger charge is -2.38. The van der Waals surface area contributed by atoms with Gasteiger partial charge in [-0.1, -0.05) is 25.5 Å². The number of esters is 1. The molecule has 0 aliphatic heterocycles. The maximum absolute atomic E-state index is 11.1. The van der Waals surface area contributed by atoms with E-state index in [2.05, 4.69) is 13.0 Å². The Hall–Kier alpha value is -0.790. The van der Waals surface area contributed by atoms with Gasteiger partial charge in [-0.2, -0.15) is 0 Å². The number of hydrogen-bond acceptors (Lipinski definition) is 2. The van der Waals surface area contributed by atoms with E-state index in [0.29, 0.717) is 18.4 Å². The molecule has 0 aromatic heterocycles. The van der Waals surface area contributed by atoms with Crippen molar-refractivity contribution in [3.63, 3.8) is 0 Å². The third-order valence-electron chi connectivity index (χ3n) is 3.11. The van der Waals surface area contributed by atoms with Gasteiger partial charge in [-0.15, -0.1) is 0 Å². The quantitative estimate of drug-likeness (QED) is 0.499. The van der Waals surface area contributed by atoms with Crippen LogP contribution in [0.3, 0.4) is 0 Å². The maximum atomic E-state index is 11.1. The number of carbonyl (C=O) groups excluding carboxylic acids is 1. The van der Waals surface area contributed by atoms with Crippen molar-refractivity contribution in [3.8, 4) is 0 Å². The number of rotatable bonds is 5. The predicted octanol–water partition coefficient (Wildman–Crippen LogP) is 3.08. The van der Waals surface area contributed by atoms with Crippen LogP contribution in [0.4, 0.5) is 0 Å². The molecule has 0 amide bonds. The minimum atomic E-state index is -0.116. The van der Waals surface area contributed by atoms with E-state index < -0.39 is 0 Å². The van der Waals surface area contributed by atoms with Gasteiger partial charge in [0.2, 0.25) is 0 Å². The second-order valence-corrected chi connectivity index (χ2v) is 3.98. The summed E-state index contributed by atoms with van der Waals surface area (Å²) in [6.45, 7) is 4.53. The van der Waals surface area contributed by atoms with E-state index >= 15 is 0 Å². The Balaban J connectivity index is 2.28. The number of hydrogen-bond donors (Lipinski definition) is 0. The first-order valence-corrected chi connectivity index (χ1v) is 5.56. The molecule has 0 N–H and O–H groups in total. The molecule has 1 rings (SSSR count). The molecule has 2 nitrogen and oxygen atoms in total. The van der Waals surface area contributed by atoms with E-state index in [0.717, 1.165) is 0 Å². The van der Waals surface area contributed by atoms with Crippen molar-refractivity contribution in [1.82, 2.24) is 0 Å². The van der Waals surface area contributed by atoms with Gasteiger partial charge in [0, 0.05) is 0 Å². The summed E-state index contributed by atoms with van der Waals surface area (Å²) in [5.74, 6) is -0.116. The summed E-state index contributed by atoms with van der Waals surface area (Å²) in [7, 11) is 0. The van der Waals surface area contributed by atoms with Gasteiger partial charge < -0.3 is 4.74 Å². The summed E-state index contributed by atoms with van der Waals surface area (Å²) in [5.41, 5.74) is 0.409. The van der Waals surface area contributed by atoms with E-state index in [1.165, 1.54) is 25.7 Å². The molecule has 0 atom stereocenters. The van der Waals surface area contributed by atoms with Crippen molar-refractivity contribution in [2.24, 2.45) is 5.41 Å². The monoisotopic (exact) mass is 196 g/mol. The third-order valence-corrected chi connectivity index (χ3v) is 3.11.